The summed E-state index contributed by atoms with van der Waals surface area (Å²) < 4.78 is 0. The molecule has 1 aromatic carbocycles. The van der Waals surface area contributed by atoms with E-state index in [1.807, 2.05) is 44.2 Å². The molecule has 2 atom stereocenters. The first-order valence-electron chi connectivity index (χ1n) is 9.67. The van der Waals surface area contributed by atoms with Crippen LogP contribution in [0.1, 0.15) is 39.5 Å². The number of carbonyl (C=O) groups is 3. The molecule has 1 fully saturated rings. The van der Waals surface area contributed by atoms with Gasteiger partial charge in [-0.3, -0.25) is 9.59 Å². The lowest BCUT2D eigenvalue weighted by Gasteiger charge is -2.32. The predicted molar refractivity (Wildman–Crippen MR) is 105 cm³/mol. The van der Waals surface area contributed by atoms with Crippen LogP contribution < -0.4 is 16.0 Å². The van der Waals surface area contributed by atoms with Crippen molar-refractivity contribution in [3.63, 3.8) is 0 Å². The average Bonchev–Trinajstić information content (AvgIpc) is 2.68. The van der Waals surface area contributed by atoms with Crippen LogP contribution >= 0.6 is 0 Å². The van der Waals surface area contributed by atoms with E-state index in [0.29, 0.717) is 19.6 Å². The fourth-order valence-electron chi connectivity index (χ4n) is 2.99. The minimum Gasteiger partial charge on any atom is -0.355 e. The molecule has 1 aromatic rings. The summed E-state index contributed by atoms with van der Waals surface area (Å²) in [5.41, 5.74) is 0.737. The topological polar surface area (TPSA) is 90.5 Å². The van der Waals surface area contributed by atoms with Crippen LogP contribution in [-0.4, -0.2) is 48.4 Å². The molecule has 4 amide bonds. The number of likely N-dealkylation sites (tertiary alicyclic amines) is 1. The maximum atomic E-state index is 12.4. The third-order valence-electron chi connectivity index (χ3n) is 4.78. The van der Waals surface area contributed by atoms with Crippen molar-refractivity contribution < 1.29 is 14.4 Å². The molecule has 2 unspecified atom stereocenters. The second kappa shape index (κ2) is 10.5. The molecule has 0 aliphatic carbocycles. The van der Waals surface area contributed by atoms with Crippen molar-refractivity contribution >= 4 is 23.5 Å². The van der Waals surface area contributed by atoms with Gasteiger partial charge in [0.25, 0.3) is 0 Å². The van der Waals surface area contributed by atoms with Crippen molar-refractivity contribution in [2.75, 3.05) is 25.0 Å². The van der Waals surface area contributed by atoms with E-state index in [9.17, 15) is 14.4 Å². The van der Waals surface area contributed by atoms with Crippen LogP contribution in [-0.2, 0) is 9.59 Å². The maximum absolute atomic E-state index is 12.4. The van der Waals surface area contributed by atoms with Gasteiger partial charge in [0, 0.05) is 37.8 Å². The van der Waals surface area contributed by atoms with Crippen LogP contribution in [0.4, 0.5) is 10.5 Å². The monoisotopic (exact) mass is 374 g/mol. The Morgan fingerprint density at radius 1 is 1.22 bits per heavy atom. The summed E-state index contributed by atoms with van der Waals surface area (Å²) in [4.78, 5) is 38.2. The largest absolute Gasteiger partial charge is 0.355 e. The van der Waals surface area contributed by atoms with Crippen LogP contribution in [0.15, 0.2) is 30.3 Å². The Hall–Kier alpha value is -2.57. The highest BCUT2D eigenvalue weighted by Crippen LogP contribution is 2.18. The van der Waals surface area contributed by atoms with E-state index in [0.717, 1.165) is 24.9 Å². The van der Waals surface area contributed by atoms with Gasteiger partial charge < -0.3 is 20.9 Å². The number of nitrogens with zero attached hydrogens (tertiary/aromatic N) is 1. The Bertz CT molecular complexity index is 635. The second-order valence-corrected chi connectivity index (χ2v) is 7.00. The number of piperidine rings is 1. The van der Waals surface area contributed by atoms with E-state index in [4.69, 9.17) is 0 Å². The molecular weight excluding hydrogens is 344 g/mol. The number of urea groups is 1. The van der Waals surface area contributed by atoms with Crippen LogP contribution in [0.2, 0.25) is 0 Å². The number of amides is 4. The highest BCUT2D eigenvalue weighted by Gasteiger charge is 2.28. The average molecular weight is 374 g/mol. The molecule has 1 aliphatic heterocycles. The van der Waals surface area contributed by atoms with Crippen molar-refractivity contribution in [1.82, 2.24) is 15.5 Å². The molecule has 0 saturated carbocycles. The first-order valence-corrected chi connectivity index (χ1v) is 9.67. The zero-order valence-electron chi connectivity index (χ0n) is 16.2. The van der Waals surface area contributed by atoms with Gasteiger partial charge in [0.2, 0.25) is 11.8 Å². The van der Waals surface area contributed by atoms with Gasteiger partial charge in [0.15, 0.2) is 0 Å². The summed E-state index contributed by atoms with van der Waals surface area (Å²) in [6, 6.07) is 9.22. The molecule has 0 radical (unpaired) electrons. The van der Waals surface area contributed by atoms with Gasteiger partial charge >= 0.3 is 6.03 Å². The third kappa shape index (κ3) is 6.92. The van der Waals surface area contributed by atoms with E-state index < -0.39 is 0 Å². The first-order chi connectivity index (χ1) is 13.0. The number of para-hydroxylation sites is 1. The van der Waals surface area contributed by atoms with Gasteiger partial charge in [-0.2, -0.15) is 0 Å². The number of benzene rings is 1. The fraction of sp³-hybridized carbons (Fsp3) is 0.550. The van der Waals surface area contributed by atoms with E-state index in [-0.39, 0.29) is 36.2 Å². The quantitative estimate of drug-likeness (QED) is 0.684. The summed E-state index contributed by atoms with van der Waals surface area (Å²) in [6.07, 6.45) is 2.68. The van der Waals surface area contributed by atoms with Gasteiger partial charge in [-0.1, -0.05) is 25.1 Å². The summed E-state index contributed by atoms with van der Waals surface area (Å²) in [6.45, 7) is 5.31. The molecule has 1 heterocycles. The van der Waals surface area contributed by atoms with Crippen molar-refractivity contribution in [2.24, 2.45) is 5.92 Å². The lowest BCUT2D eigenvalue weighted by atomic mass is 9.97. The van der Waals surface area contributed by atoms with E-state index in [2.05, 4.69) is 16.0 Å². The summed E-state index contributed by atoms with van der Waals surface area (Å²) in [5, 5.41) is 8.56. The zero-order chi connectivity index (χ0) is 19.6. The summed E-state index contributed by atoms with van der Waals surface area (Å²) >= 11 is 0. The Morgan fingerprint density at radius 3 is 2.67 bits per heavy atom. The normalized spacial score (nSPS) is 17.7. The lowest BCUT2D eigenvalue weighted by Crippen LogP contribution is -2.47. The Kier molecular flexibility index (Phi) is 8.10. The molecule has 7 heteroatoms. The molecule has 2 rings (SSSR count). The molecule has 0 bridgehead atoms. The van der Waals surface area contributed by atoms with Crippen LogP contribution in [0.3, 0.4) is 0 Å². The Labute approximate surface area is 160 Å². The van der Waals surface area contributed by atoms with Crippen molar-refractivity contribution in [2.45, 2.75) is 45.6 Å². The fourth-order valence-corrected chi connectivity index (χ4v) is 2.99. The number of hydrogen-bond donors (Lipinski definition) is 3. The number of nitrogens with one attached hydrogen (secondary N) is 3. The second-order valence-electron chi connectivity index (χ2n) is 7.00. The number of anilines is 1. The summed E-state index contributed by atoms with van der Waals surface area (Å²) in [5.74, 6) is -0.390. The van der Waals surface area contributed by atoms with E-state index in [1.54, 1.807) is 4.90 Å². The molecular formula is C20H30N4O3. The molecule has 7 nitrogen and oxygen atoms in total. The minimum atomic E-state index is -0.238. The van der Waals surface area contributed by atoms with E-state index >= 15 is 0 Å². The maximum Gasteiger partial charge on any atom is 0.321 e. The number of rotatable bonds is 7. The van der Waals surface area contributed by atoms with Crippen molar-refractivity contribution in [1.29, 1.82) is 0 Å². The van der Waals surface area contributed by atoms with Gasteiger partial charge in [-0.05, 0) is 38.3 Å². The third-order valence-corrected chi connectivity index (χ3v) is 4.78. The molecule has 0 aromatic heterocycles. The number of carbonyl (C=O) groups excluding carboxylic acids is 3. The molecule has 3 N–H and O–H groups in total. The zero-order valence-corrected chi connectivity index (χ0v) is 16.2. The predicted octanol–water partition coefficient (Wildman–Crippen LogP) is 2.35. The minimum absolute atomic E-state index is 0.0582. The SMILES string of the molecule is CCC(C)NC(=O)CCNC(=O)C1CCCN(C(=O)Nc2ccccc2)C1. The van der Waals surface area contributed by atoms with Gasteiger partial charge in [0.1, 0.15) is 0 Å². The smallest absolute Gasteiger partial charge is 0.321 e. The molecule has 1 saturated heterocycles. The van der Waals surface area contributed by atoms with Gasteiger partial charge in [0.05, 0.1) is 5.92 Å². The number of hydrogen-bond acceptors (Lipinski definition) is 3. The molecule has 0 spiro atoms. The first kappa shape index (κ1) is 20.7. The molecule has 148 valence electrons. The lowest BCUT2D eigenvalue weighted by molar-refractivity contribution is -0.126. The van der Waals surface area contributed by atoms with E-state index in [1.165, 1.54) is 0 Å². The highest BCUT2D eigenvalue weighted by atomic mass is 16.2. The van der Waals surface area contributed by atoms with Gasteiger partial charge in [-0.25, -0.2) is 4.79 Å². The van der Waals surface area contributed by atoms with Crippen molar-refractivity contribution in [3.8, 4) is 0 Å². The van der Waals surface area contributed by atoms with Crippen molar-refractivity contribution in [3.05, 3.63) is 30.3 Å². The standard InChI is InChI=1S/C20H30N4O3/c1-3-15(2)22-18(25)11-12-21-19(26)16-8-7-13-24(14-16)20(27)23-17-9-5-4-6-10-17/h4-6,9-10,15-16H,3,7-8,11-14H2,1-2H3,(H,21,26)(H,22,25)(H,23,27). The molecule has 27 heavy (non-hydrogen) atoms. The van der Waals surface area contributed by atoms with Crippen LogP contribution in [0, 0.1) is 5.92 Å². The summed E-state index contributed by atoms with van der Waals surface area (Å²) in [7, 11) is 0. The highest BCUT2D eigenvalue weighted by molar-refractivity contribution is 5.90. The van der Waals surface area contributed by atoms with Crippen LogP contribution in [0.5, 0.6) is 0 Å². The Balaban J connectivity index is 1.75. The van der Waals surface area contributed by atoms with Gasteiger partial charge in [-0.15, -0.1) is 0 Å². The van der Waals surface area contributed by atoms with Crippen LogP contribution in [0.25, 0.3) is 0 Å². The Morgan fingerprint density at radius 2 is 1.96 bits per heavy atom. The molecule has 1 aliphatic rings.